The molecular weight excluding hydrogens is 544 g/mol. The lowest BCUT2D eigenvalue weighted by Gasteiger charge is -2.47. The Morgan fingerprint density at radius 1 is 0.905 bits per heavy atom. The fourth-order valence-corrected chi connectivity index (χ4v) is 8.72. The van der Waals surface area contributed by atoms with Gasteiger partial charge in [-0.25, -0.2) is 4.79 Å². The Hall–Kier alpha value is -3.53. The number of rotatable bonds is 5. The van der Waals surface area contributed by atoms with E-state index in [1.165, 1.54) is 20.8 Å². The van der Waals surface area contributed by atoms with Gasteiger partial charge in [0, 0.05) is 38.2 Å². The number of fused-ring (bicyclic) bond motifs is 3. The first kappa shape index (κ1) is 28.6. The summed E-state index contributed by atoms with van der Waals surface area (Å²) in [5, 5.41) is 0. The third kappa shape index (κ3) is 3.63. The molecule has 3 unspecified atom stereocenters. The summed E-state index contributed by atoms with van der Waals surface area (Å²) in [5.41, 5.74) is -4.09. The highest BCUT2D eigenvalue weighted by atomic mass is 16.7. The number of esters is 4. The summed E-state index contributed by atoms with van der Waals surface area (Å²) in [4.78, 5) is 65.5. The lowest BCUT2D eigenvalue weighted by Crippen LogP contribution is -2.59. The number of ketones is 1. The molecule has 4 fully saturated rings. The number of carbonyl (C=O) groups excluding carboxylic acids is 5. The van der Waals surface area contributed by atoms with Crippen molar-refractivity contribution in [1.29, 1.82) is 0 Å². The van der Waals surface area contributed by atoms with Gasteiger partial charge in [-0.15, -0.1) is 0 Å². The van der Waals surface area contributed by atoms with Gasteiger partial charge in [0.15, 0.2) is 28.7 Å². The first-order chi connectivity index (χ1) is 19.6. The summed E-state index contributed by atoms with van der Waals surface area (Å²) in [6.07, 6.45) is -0.963. The fourth-order valence-electron chi connectivity index (χ4n) is 8.72. The Kier molecular flexibility index (Phi) is 6.12. The zero-order valence-electron chi connectivity index (χ0n) is 24.8. The van der Waals surface area contributed by atoms with Gasteiger partial charge in [0.1, 0.15) is 12.2 Å². The van der Waals surface area contributed by atoms with Crippen LogP contribution in [-0.2, 0) is 42.9 Å². The van der Waals surface area contributed by atoms with Crippen LogP contribution in [0.15, 0.2) is 42.0 Å². The van der Waals surface area contributed by atoms with E-state index in [4.69, 9.17) is 23.7 Å². The quantitative estimate of drug-likeness (QED) is 0.221. The SMILES string of the molecule is CC(=O)O[C@@H]1C2=C[C@@]34O[C@@]3(CC(C)[C@@H]4OC(C)=O)C(=O)[C@@H](C)[C@@]2(OC(C)=O)C2C([C@H]1OC(=O)c1ccccc1)C2(C)C. The summed E-state index contributed by atoms with van der Waals surface area (Å²) in [6.45, 7) is 11.3. The molecule has 42 heavy (non-hydrogen) atoms. The minimum absolute atomic E-state index is 0.218. The lowest BCUT2D eigenvalue weighted by molar-refractivity contribution is -0.177. The van der Waals surface area contributed by atoms with Crippen molar-refractivity contribution in [2.45, 2.75) is 90.0 Å². The zero-order valence-corrected chi connectivity index (χ0v) is 24.8. The number of epoxide rings is 1. The largest absolute Gasteiger partial charge is 0.459 e. The van der Waals surface area contributed by atoms with E-state index in [0.29, 0.717) is 17.6 Å². The molecular formula is C32H36O10. The van der Waals surface area contributed by atoms with Crippen molar-refractivity contribution in [2.24, 2.45) is 29.1 Å². The normalized spacial score (nSPS) is 41.8. The Bertz CT molecular complexity index is 1430. The summed E-state index contributed by atoms with van der Waals surface area (Å²) >= 11 is 0. The molecule has 4 aliphatic carbocycles. The molecule has 0 spiro atoms. The van der Waals surface area contributed by atoms with Crippen molar-refractivity contribution >= 4 is 29.7 Å². The number of ether oxygens (including phenoxy) is 5. The highest BCUT2D eigenvalue weighted by Gasteiger charge is 2.88. The molecule has 10 heteroatoms. The molecule has 0 aromatic heterocycles. The van der Waals surface area contributed by atoms with Crippen LogP contribution in [0.4, 0.5) is 0 Å². The molecule has 1 heterocycles. The lowest BCUT2D eigenvalue weighted by atomic mass is 9.67. The number of hydrogen-bond acceptors (Lipinski definition) is 10. The van der Waals surface area contributed by atoms with Crippen LogP contribution in [0.25, 0.3) is 0 Å². The Labute approximate surface area is 244 Å². The van der Waals surface area contributed by atoms with E-state index in [9.17, 15) is 24.0 Å². The molecule has 1 aliphatic heterocycles. The third-order valence-electron chi connectivity index (χ3n) is 10.2. The maximum Gasteiger partial charge on any atom is 0.338 e. The fraction of sp³-hybridized carbons (Fsp3) is 0.594. The third-order valence-corrected chi connectivity index (χ3v) is 10.2. The molecule has 10 atom stereocenters. The van der Waals surface area contributed by atoms with Gasteiger partial charge in [0.2, 0.25) is 0 Å². The van der Waals surface area contributed by atoms with Crippen LogP contribution in [0.1, 0.15) is 65.2 Å². The van der Waals surface area contributed by atoms with Crippen molar-refractivity contribution in [3.8, 4) is 0 Å². The van der Waals surface area contributed by atoms with Gasteiger partial charge in [0.05, 0.1) is 11.5 Å². The Balaban J connectivity index is 1.57. The van der Waals surface area contributed by atoms with Gasteiger partial charge < -0.3 is 23.7 Å². The average Bonchev–Trinajstić information content (AvgIpc) is 3.71. The molecule has 1 saturated heterocycles. The summed E-state index contributed by atoms with van der Waals surface area (Å²) in [6, 6.07) is 8.48. The van der Waals surface area contributed by atoms with Crippen molar-refractivity contribution in [3.63, 3.8) is 0 Å². The topological polar surface area (TPSA) is 135 Å². The van der Waals surface area contributed by atoms with E-state index in [0.717, 1.165) is 0 Å². The highest BCUT2D eigenvalue weighted by Crippen LogP contribution is 2.76. The van der Waals surface area contributed by atoms with Crippen molar-refractivity contribution in [3.05, 3.63) is 47.5 Å². The molecule has 10 nitrogen and oxygen atoms in total. The molecule has 5 aliphatic rings. The maximum absolute atomic E-state index is 14.5. The molecule has 1 aromatic carbocycles. The molecule has 224 valence electrons. The van der Waals surface area contributed by atoms with Crippen LogP contribution < -0.4 is 0 Å². The van der Waals surface area contributed by atoms with Crippen LogP contribution >= 0.6 is 0 Å². The monoisotopic (exact) mass is 580 g/mol. The minimum Gasteiger partial charge on any atom is -0.459 e. The highest BCUT2D eigenvalue weighted by molar-refractivity contribution is 5.98. The van der Waals surface area contributed by atoms with Crippen LogP contribution in [0, 0.1) is 29.1 Å². The van der Waals surface area contributed by atoms with E-state index >= 15 is 0 Å². The zero-order chi connectivity index (χ0) is 30.6. The molecule has 1 aromatic rings. The van der Waals surface area contributed by atoms with Crippen LogP contribution in [0.3, 0.4) is 0 Å². The smallest absolute Gasteiger partial charge is 0.338 e. The standard InChI is InChI=1S/C32H36O10/c1-15-13-30-26(36)16(2)32(41-19(5)35)21(14-31(30,42-30)27(15)39-18(4)34)23(38-17(3)33)24(22-25(32)29(22,6)7)40-28(37)20-11-9-8-10-12-20/h8-12,14-16,22-25,27H,13H2,1-7H3/t15?,16-,22?,23-,24-,25?,27+,30+,31+,32+/m1/s1. The summed E-state index contributed by atoms with van der Waals surface area (Å²) in [7, 11) is 0. The predicted molar refractivity (Wildman–Crippen MR) is 145 cm³/mol. The van der Waals surface area contributed by atoms with E-state index in [2.05, 4.69) is 0 Å². The number of carbonyl (C=O) groups is 5. The second-order valence-corrected chi connectivity index (χ2v) is 13.1. The first-order valence-corrected chi connectivity index (χ1v) is 14.4. The minimum atomic E-state index is -1.51. The number of benzene rings is 1. The number of Topliss-reactive ketones (excluding diaryl/α,β-unsaturated/α-hetero) is 1. The first-order valence-electron chi connectivity index (χ1n) is 14.4. The van der Waals surface area contributed by atoms with Gasteiger partial charge in [-0.05, 0) is 36.0 Å². The molecule has 0 N–H and O–H groups in total. The van der Waals surface area contributed by atoms with Crippen LogP contribution in [0.2, 0.25) is 0 Å². The van der Waals surface area contributed by atoms with Crippen LogP contribution in [-0.4, -0.2) is 64.8 Å². The Morgan fingerprint density at radius 3 is 2.14 bits per heavy atom. The Morgan fingerprint density at radius 2 is 1.55 bits per heavy atom. The van der Waals surface area contributed by atoms with E-state index in [1.807, 2.05) is 20.8 Å². The second kappa shape index (κ2) is 8.99. The molecule has 3 saturated carbocycles. The van der Waals surface area contributed by atoms with Crippen LogP contribution in [0.5, 0.6) is 0 Å². The predicted octanol–water partition coefficient (Wildman–Crippen LogP) is 3.36. The van der Waals surface area contributed by atoms with E-state index in [1.54, 1.807) is 43.3 Å². The second-order valence-electron chi connectivity index (χ2n) is 13.1. The summed E-state index contributed by atoms with van der Waals surface area (Å²) < 4.78 is 30.4. The van der Waals surface area contributed by atoms with Gasteiger partial charge in [0.25, 0.3) is 0 Å². The van der Waals surface area contributed by atoms with Gasteiger partial charge in [-0.3, -0.25) is 19.2 Å². The molecule has 6 rings (SSSR count). The number of hydrogen-bond donors (Lipinski definition) is 0. The molecule has 0 amide bonds. The molecule has 0 radical (unpaired) electrons. The van der Waals surface area contributed by atoms with Crippen molar-refractivity contribution in [1.82, 2.24) is 0 Å². The summed E-state index contributed by atoms with van der Waals surface area (Å²) in [5.74, 6) is -4.62. The van der Waals surface area contributed by atoms with E-state index in [-0.39, 0.29) is 11.7 Å². The van der Waals surface area contributed by atoms with Gasteiger partial charge >= 0.3 is 23.9 Å². The molecule has 0 bridgehead atoms. The van der Waals surface area contributed by atoms with Gasteiger partial charge in [-0.1, -0.05) is 45.9 Å². The van der Waals surface area contributed by atoms with Crippen molar-refractivity contribution in [2.75, 3.05) is 0 Å². The van der Waals surface area contributed by atoms with Crippen molar-refractivity contribution < 1.29 is 47.7 Å². The van der Waals surface area contributed by atoms with Gasteiger partial charge in [-0.2, -0.15) is 0 Å². The maximum atomic E-state index is 14.5. The van der Waals surface area contributed by atoms with E-state index < -0.39 is 82.2 Å². The average molecular weight is 581 g/mol.